The molecule has 3 N–H and O–H groups in total. The molecule has 12 heteroatoms. The fraction of sp³-hybridized carbons (Fsp3) is 0.333. The first kappa shape index (κ1) is 20.8. The van der Waals surface area contributed by atoms with Crippen molar-refractivity contribution in [1.82, 2.24) is 30.7 Å². The molecule has 0 atom stereocenters. The van der Waals surface area contributed by atoms with Gasteiger partial charge in [0.25, 0.3) is 5.91 Å². The van der Waals surface area contributed by atoms with E-state index in [-0.39, 0.29) is 17.3 Å². The van der Waals surface area contributed by atoms with Crippen LogP contribution >= 0.6 is 0 Å². The normalized spacial score (nSPS) is 11.4. The molecule has 2 heterocycles. The molecule has 0 spiro atoms. The third-order valence-electron chi connectivity index (χ3n) is 4.29. The zero-order valence-corrected chi connectivity index (χ0v) is 17.0. The van der Waals surface area contributed by atoms with E-state index >= 15 is 0 Å². The van der Waals surface area contributed by atoms with Gasteiger partial charge < -0.3 is 15.2 Å². The predicted octanol–water partition coefficient (Wildman–Crippen LogP) is 1.36. The summed E-state index contributed by atoms with van der Waals surface area (Å²) in [4.78, 5) is 12.7. The molecule has 12 nitrogen and oxygen atoms in total. The van der Waals surface area contributed by atoms with Gasteiger partial charge in [-0.05, 0) is 41.9 Å². The largest absolute Gasteiger partial charge is 0.493 e. The topological polar surface area (TPSA) is 156 Å². The number of nitrogen functional groups attached to an aromatic ring is 1. The van der Waals surface area contributed by atoms with Crippen molar-refractivity contribution in [2.75, 3.05) is 20.0 Å². The third-order valence-corrected chi connectivity index (χ3v) is 4.29. The Bertz CT molecular complexity index is 1070. The van der Waals surface area contributed by atoms with Crippen molar-refractivity contribution in [2.24, 2.45) is 5.10 Å². The molecule has 158 valence electrons. The molecule has 0 saturated carbocycles. The van der Waals surface area contributed by atoms with Crippen molar-refractivity contribution in [3.63, 3.8) is 0 Å². The molecule has 0 bridgehead atoms. The number of aromatic nitrogens is 5. The van der Waals surface area contributed by atoms with Gasteiger partial charge in [-0.2, -0.15) is 9.78 Å². The van der Waals surface area contributed by atoms with E-state index in [0.717, 1.165) is 12.0 Å². The zero-order valence-electron chi connectivity index (χ0n) is 17.0. The molecule has 0 aliphatic carbocycles. The van der Waals surface area contributed by atoms with Crippen LogP contribution in [0.2, 0.25) is 0 Å². The van der Waals surface area contributed by atoms with Crippen LogP contribution in [0, 0.1) is 0 Å². The van der Waals surface area contributed by atoms with Gasteiger partial charge >= 0.3 is 0 Å². The lowest BCUT2D eigenvalue weighted by Gasteiger charge is -2.09. The maximum Gasteiger partial charge on any atom is 0.293 e. The van der Waals surface area contributed by atoms with Gasteiger partial charge in [-0.1, -0.05) is 18.6 Å². The van der Waals surface area contributed by atoms with E-state index in [0.29, 0.717) is 29.3 Å². The lowest BCUT2D eigenvalue weighted by atomic mass is 10.1. The van der Waals surface area contributed by atoms with Crippen LogP contribution in [0.4, 0.5) is 5.82 Å². The smallest absolute Gasteiger partial charge is 0.293 e. The number of hydrogen-bond acceptors (Lipinski definition) is 10. The Labute approximate surface area is 172 Å². The van der Waals surface area contributed by atoms with Crippen molar-refractivity contribution < 1.29 is 18.9 Å². The number of methoxy groups -OCH3 is 2. The lowest BCUT2D eigenvalue weighted by Crippen LogP contribution is -2.21. The van der Waals surface area contributed by atoms with E-state index in [1.54, 1.807) is 33.3 Å². The molecule has 30 heavy (non-hydrogen) atoms. The molecule has 0 aliphatic rings. The highest BCUT2D eigenvalue weighted by molar-refractivity contribution is 6.01. The SMILES string of the molecule is CCCc1c(C(=O)N/N=C(\C)c2ccc(OC)c(OC)c2)nnn1-c1nonc1N. The average molecular weight is 414 g/mol. The standard InChI is InChI=1S/C18H22N8O4/c1-5-6-12-15(21-25-26(12)17-16(19)23-30-24-17)18(27)22-20-10(2)11-7-8-13(28-3)14(9-11)29-4/h7-9H,5-6H2,1-4H3,(H2,19,23)(H,22,27)/b20-10+. The molecule has 3 aromatic rings. The van der Waals surface area contributed by atoms with Gasteiger partial charge in [0.05, 0.1) is 25.6 Å². The number of carbonyl (C=O) groups is 1. The summed E-state index contributed by atoms with van der Waals surface area (Å²) in [6, 6.07) is 5.34. The Hall–Kier alpha value is -3.96. The summed E-state index contributed by atoms with van der Waals surface area (Å²) in [5.41, 5.74) is 10.2. The number of benzene rings is 1. The molecule has 0 saturated heterocycles. The van der Waals surface area contributed by atoms with Gasteiger partial charge in [0.1, 0.15) is 0 Å². The summed E-state index contributed by atoms with van der Waals surface area (Å²) in [6.07, 6.45) is 1.26. The van der Waals surface area contributed by atoms with Crippen LogP contribution in [0.3, 0.4) is 0 Å². The van der Waals surface area contributed by atoms with E-state index < -0.39 is 5.91 Å². The van der Waals surface area contributed by atoms with E-state index in [9.17, 15) is 4.79 Å². The first-order valence-corrected chi connectivity index (χ1v) is 9.10. The molecule has 0 fully saturated rings. The Balaban J connectivity index is 1.84. The highest BCUT2D eigenvalue weighted by atomic mass is 16.6. The number of nitrogens with two attached hydrogens (primary N) is 1. The number of rotatable bonds is 8. The number of hydrazone groups is 1. The number of carbonyl (C=O) groups excluding carboxylic acids is 1. The summed E-state index contributed by atoms with van der Waals surface area (Å²) < 4.78 is 16.5. The number of amides is 1. The first-order valence-electron chi connectivity index (χ1n) is 9.10. The summed E-state index contributed by atoms with van der Waals surface area (Å²) in [5, 5.41) is 19.3. The van der Waals surface area contributed by atoms with Gasteiger partial charge in [-0.15, -0.1) is 5.10 Å². The van der Waals surface area contributed by atoms with Crippen LogP contribution in [0.1, 0.15) is 42.0 Å². The first-order chi connectivity index (χ1) is 14.5. The van der Waals surface area contributed by atoms with Crippen LogP contribution in [0.15, 0.2) is 27.9 Å². The average Bonchev–Trinajstić information content (AvgIpc) is 3.37. The van der Waals surface area contributed by atoms with E-state index in [1.807, 2.05) is 13.0 Å². The second kappa shape index (κ2) is 9.03. The lowest BCUT2D eigenvalue weighted by molar-refractivity contribution is 0.0948. The Morgan fingerprint density at radius 1 is 1.27 bits per heavy atom. The molecule has 2 aromatic heterocycles. The van der Waals surface area contributed by atoms with Crippen molar-refractivity contribution >= 4 is 17.4 Å². The third kappa shape index (κ3) is 4.06. The van der Waals surface area contributed by atoms with Crippen molar-refractivity contribution in [2.45, 2.75) is 26.7 Å². The molecule has 0 unspecified atom stereocenters. The molecule has 0 radical (unpaired) electrons. The van der Waals surface area contributed by atoms with Crippen molar-refractivity contribution in [3.8, 4) is 17.3 Å². The number of hydrogen-bond donors (Lipinski definition) is 2. The van der Waals surface area contributed by atoms with Gasteiger partial charge in [0.15, 0.2) is 17.2 Å². The number of anilines is 1. The van der Waals surface area contributed by atoms with Crippen molar-refractivity contribution in [3.05, 3.63) is 35.2 Å². The molecule has 1 aromatic carbocycles. The van der Waals surface area contributed by atoms with Crippen LogP contribution in [-0.4, -0.2) is 51.1 Å². The summed E-state index contributed by atoms with van der Waals surface area (Å²) in [7, 11) is 3.11. The monoisotopic (exact) mass is 414 g/mol. The number of ether oxygens (including phenoxy) is 2. The van der Waals surface area contributed by atoms with Crippen LogP contribution in [0.25, 0.3) is 5.82 Å². The maximum absolute atomic E-state index is 12.7. The van der Waals surface area contributed by atoms with E-state index in [1.165, 1.54) is 4.68 Å². The summed E-state index contributed by atoms with van der Waals surface area (Å²) in [6.45, 7) is 3.72. The van der Waals surface area contributed by atoms with Gasteiger partial charge in [0.2, 0.25) is 11.6 Å². The molecule has 0 aliphatic heterocycles. The van der Waals surface area contributed by atoms with Gasteiger partial charge in [-0.25, -0.2) is 10.1 Å². The zero-order chi connectivity index (χ0) is 21.7. The molecular formula is C18H22N8O4. The van der Waals surface area contributed by atoms with Crippen LogP contribution in [-0.2, 0) is 6.42 Å². The van der Waals surface area contributed by atoms with Gasteiger partial charge in [0, 0.05) is 5.56 Å². The highest BCUT2D eigenvalue weighted by Crippen LogP contribution is 2.27. The minimum atomic E-state index is -0.514. The fourth-order valence-electron chi connectivity index (χ4n) is 2.76. The van der Waals surface area contributed by atoms with Crippen LogP contribution in [0.5, 0.6) is 11.5 Å². The second-order valence-electron chi connectivity index (χ2n) is 6.23. The fourth-order valence-corrected chi connectivity index (χ4v) is 2.76. The molecule has 1 amide bonds. The van der Waals surface area contributed by atoms with Crippen molar-refractivity contribution in [1.29, 1.82) is 0 Å². The highest BCUT2D eigenvalue weighted by Gasteiger charge is 2.23. The van der Waals surface area contributed by atoms with Gasteiger partial charge in [-0.3, -0.25) is 4.79 Å². The Morgan fingerprint density at radius 3 is 2.67 bits per heavy atom. The minimum Gasteiger partial charge on any atom is -0.493 e. The second-order valence-corrected chi connectivity index (χ2v) is 6.23. The molecular weight excluding hydrogens is 392 g/mol. The quantitative estimate of drug-likeness (QED) is 0.410. The predicted molar refractivity (Wildman–Crippen MR) is 107 cm³/mol. The summed E-state index contributed by atoms with van der Waals surface area (Å²) in [5.74, 6) is 0.865. The van der Waals surface area contributed by atoms with E-state index in [2.05, 4.69) is 35.8 Å². The maximum atomic E-state index is 12.7. The van der Waals surface area contributed by atoms with Crippen LogP contribution < -0.4 is 20.6 Å². The summed E-state index contributed by atoms with van der Waals surface area (Å²) >= 11 is 0. The Kier molecular flexibility index (Phi) is 6.25. The number of nitrogens with zero attached hydrogens (tertiary/aromatic N) is 6. The molecule has 3 rings (SSSR count). The van der Waals surface area contributed by atoms with E-state index in [4.69, 9.17) is 15.2 Å². The Morgan fingerprint density at radius 2 is 2.03 bits per heavy atom. The minimum absolute atomic E-state index is 0.0477. The number of nitrogens with one attached hydrogen (secondary N) is 1.